The highest BCUT2D eigenvalue weighted by atomic mass is 16.2. The maximum atomic E-state index is 11.8. The summed E-state index contributed by atoms with van der Waals surface area (Å²) >= 11 is 0. The van der Waals surface area contributed by atoms with Gasteiger partial charge < -0.3 is 10.6 Å². The summed E-state index contributed by atoms with van der Waals surface area (Å²) in [5.74, 6) is 0.856. The van der Waals surface area contributed by atoms with Crippen molar-refractivity contribution in [2.24, 2.45) is 11.7 Å². The highest BCUT2D eigenvalue weighted by molar-refractivity contribution is 5.80. The Hall–Kier alpha value is -0.610. The zero-order chi connectivity index (χ0) is 11.6. The molecular weight excluding hydrogens is 190 g/mol. The van der Waals surface area contributed by atoms with Crippen LogP contribution in [-0.4, -0.2) is 55.5 Å². The van der Waals surface area contributed by atoms with Crippen molar-refractivity contribution >= 4 is 5.91 Å². The van der Waals surface area contributed by atoms with Gasteiger partial charge in [0, 0.05) is 26.7 Å². The molecule has 2 N–H and O–H groups in total. The predicted molar refractivity (Wildman–Crippen MR) is 61.5 cm³/mol. The Morgan fingerprint density at radius 3 is 2.27 bits per heavy atom. The molecule has 0 aromatic rings. The Morgan fingerprint density at radius 2 is 1.93 bits per heavy atom. The SMILES string of the molecule is CC(C(=O)N(C)C)N(C)C(CN)C1CC1. The first-order valence-electron chi connectivity index (χ1n) is 5.62. The molecule has 88 valence electrons. The van der Waals surface area contributed by atoms with Crippen LogP contribution in [0.3, 0.4) is 0 Å². The largest absolute Gasteiger partial charge is 0.347 e. The second kappa shape index (κ2) is 4.94. The van der Waals surface area contributed by atoms with Gasteiger partial charge >= 0.3 is 0 Å². The van der Waals surface area contributed by atoms with Gasteiger partial charge in [-0.1, -0.05) is 0 Å². The fourth-order valence-corrected chi connectivity index (χ4v) is 2.01. The van der Waals surface area contributed by atoms with Gasteiger partial charge in [0.25, 0.3) is 0 Å². The van der Waals surface area contributed by atoms with Gasteiger partial charge in [0.1, 0.15) is 0 Å². The highest BCUT2D eigenvalue weighted by Crippen LogP contribution is 2.35. The first-order valence-corrected chi connectivity index (χ1v) is 5.62. The van der Waals surface area contributed by atoms with E-state index in [9.17, 15) is 4.79 Å². The van der Waals surface area contributed by atoms with Gasteiger partial charge in [-0.3, -0.25) is 9.69 Å². The second-order valence-electron chi connectivity index (χ2n) is 4.71. The van der Waals surface area contributed by atoms with Crippen LogP contribution in [0, 0.1) is 5.92 Å². The third-order valence-electron chi connectivity index (χ3n) is 3.34. The van der Waals surface area contributed by atoms with Gasteiger partial charge in [-0.15, -0.1) is 0 Å². The van der Waals surface area contributed by atoms with E-state index in [0.717, 1.165) is 0 Å². The number of amides is 1. The lowest BCUT2D eigenvalue weighted by molar-refractivity contribution is -0.134. The summed E-state index contributed by atoms with van der Waals surface area (Å²) in [6.07, 6.45) is 2.52. The summed E-state index contributed by atoms with van der Waals surface area (Å²) in [5, 5.41) is 0. The molecule has 4 nitrogen and oxygen atoms in total. The van der Waals surface area contributed by atoms with E-state index < -0.39 is 0 Å². The lowest BCUT2D eigenvalue weighted by Gasteiger charge is -2.33. The summed E-state index contributed by atoms with van der Waals surface area (Å²) in [6.45, 7) is 2.60. The summed E-state index contributed by atoms with van der Waals surface area (Å²) in [6, 6.07) is 0.290. The number of nitrogens with two attached hydrogens (primary N) is 1. The molecule has 2 unspecified atom stereocenters. The number of hydrogen-bond acceptors (Lipinski definition) is 3. The number of hydrogen-bond donors (Lipinski definition) is 1. The molecule has 1 aliphatic rings. The summed E-state index contributed by atoms with van der Waals surface area (Å²) in [4.78, 5) is 15.6. The lowest BCUT2D eigenvalue weighted by atomic mass is 10.1. The fourth-order valence-electron chi connectivity index (χ4n) is 2.01. The molecule has 0 aromatic carbocycles. The Kier molecular flexibility index (Phi) is 4.11. The molecule has 0 saturated heterocycles. The third-order valence-corrected chi connectivity index (χ3v) is 3.34. The molecule has 2 atom stereocenters. The quantitative estimate of drug-likeness (QED) is 0.706. The summed E-state index contributed by atoms with van der Waals surface area (Å²) in [5.41, 5.74) is 5.76. The third kappa shape index (κ3) is 2.92. The van der Waals surface area contributed by atoms with E-state index in [-0.39, 0.29) is 11.9 Å². The Morgan fingerprint density at radius 1 is 1.40 bits per heavy atom. The zero-order valence-corrected chi connectivity index (χ0v) is 10.2. The van der Waals surface area contributed by atoms with Gasteiger partial charge in [-0.25, -0.2) is 0 Å². The minimum atomic E-state index is -0.0749. The van der Waals surface area contributed by atoms with E-state index in [1.165, 1.54) is 12.8 Å². The summed E-state index contributed by atoms with van der Waals surface area (Å²) in [7, 11) is 5.59. The molecule has 0 spiro atoms. The molecule has 1 fully saturated rings. The molecular formula is C11H23N3O. The summed E-state index contributed by atoms with van der Waals surface area (Å²) < 4.78 is 0. The van der Waals surface area contributed by atoms with Gasteiger partial charge in [0.05, 0.1) is 6.04 Å². The fraction of sp³-hybridized carbons (Fsp3) is 0.909. The Labute approximate surface area is 92.4 Å². The van der Waals surface area contributed by atoms with Crippen LogP contribution in [-0.2, 0) is 4.79 Å². The van der Waals surface area contributed by atoms with E-state index in [1.54, 1.807) is 19.0 Å². The molecule has 0 bridgehead atoms. The monoisotopic (exact) mass is 213 g/mol. The van der Waals surface area contributed by atoms with Gasteiger partial charge in [0.2, 0.25) is 5.91 Å². The van der Waals surface area contributed by atoms with E-state index in [2.05, 4.69) is 4.90 Å². The molecule has 0 aliphatic heterocycles. The predicted octanol–water partition coefficient (Wildman–Crippen LogP) is 0.132. The maximum absolute atomic E-state index is 11.8. The maximum Gasteiger partial charge on any atom is 0.239 e. The first-order chi connectivity index (χ1) is 6.99. The van der Waals surface area contributed by atoms with Crippen molar-refractivity contribution in [1.29, 1.82) is 0 Å². The van der Waals surface area contributed by atoms with Crippen LogP contribution < -0.4 is 5.73 Å². The molecule has 4 heteroatoms. The zero-order valence-electron chi connectivity index (χ0n) is 10.2. The molecule has 1 aliphatic carbocycles. The molecule has 1 rings (SSSR count). The van der Waals surface area contributed by atoms with Crippen LogP contribution in [0.2, 0.25) is 0 Å². The van der Waals surface area contributed by atoms with Crippen molar-refractivity contribution in [3.05, 3.63) is 0 Å². The average molecular weight is 213 g/mol. The van der Waals surface area contributed by atoms with Crippen molar-refractivity contribution in [3.63, 3.8) is 0 Å². The minimum Gasteiger partial charge on any atom is -0.347 e. The lowest BCUT2D eigenvalue weighted by Crippen LogP contribution is -2.50. The molecule has 15 heavy (non-hydrogen) atoms. The average Bonchev–Trinajstić information content (AvgIpc) is 3.00. The molecule has 0 radical (unpaired) electrons. The first kappa shape index (κ1) is 12.5. The van der Waals surface area contributed by atoms with E-state index in [1.807, 2.05) is 14.0 Å². The molecule has 1 amide bonds. The van der Waals surface area contributed by atoms with Crippen molar-refractivity contribution in [3.8, 4) is 0 Å². The number of rotatable bonds is 5. The molecule has 0 aromatic heterocycles. The number of carbonyl (C=O) groups excluding carboxylic acids is 1. The van der Waals surface area contributed by atoms with Crippen LogP contribution >= 0.6 is 0 Å². The van der Waals surface area contributed by atoms with E-state index in [4.69, 9.17) is 5.73 Å². The standard InChI is InChI=1S/C11H23N3O/c1-8(11(15)13(2)3)14(4)10(7-12)9-5-6-9/h8-10H,5-7,12H2,1-4H3. The number of likely N-dealkylation sites (N-methyl/N-ethyl adjacent to an activating group) is 2. The van der Waals surface area contributed by atoms with Crippen LogP contribution in [0.1, 0.15) is 19.8 Å². The number of nitrogens with zero attached hydrogens (tertiary/aromatic N) is 2. The van der Waals surface area contributed by atoms with Crippen LogP contribution in [0.5, 0.6) is 0 Å². The Balaban J connectivity index is 2.56. The minimum absolute atomic E-state index is 0.0749. The van der Waals surface area contributed by atoms with Crippen LogP contribution in [0.4, 0.5) is 0 Å². The van der Waals surface area contributed by atoms with Gasteiger partial charge in [-0.05, 0) is 32.7 Å². The molecule has 1 saturated carbocycles. The normalized spacial score (nSPS) is 20.1. The van der Waals surface area contributed by atoms with E-state index >= 15 is 0 Å². The Bertz CT molecular complexity index is 226. The van der Waals surface area contributed by atoms with E-state index in [0.29, 0.717) is 18.5 Å². The highest BCUT2D eigenvalue weighted by Gasteiger charge is 2.36. The topological polar surface area (TPSA) is 49.6 Å². The van der Waals surface area contributed by atoms with Crippen molar-refractivity contribution in [1.82, 2.24) is 9.80 Å². The van der Waals surface area contributed by atoms with Crippen molar-refractivity contribution < 1.29 is 4.79 Å². The number of carbonyl (C=O) groups is 1. The van der Waals surface area contributed by atoms with Crippen molar-refractivity contribution in [2.45, 2.75) is 31.8 Å². The smallest absolute Gasteiger partial charge is 0.239 e. The van der Waals surface area contributed by atoms with Crippen molar-refractivity contribution in [2.75, 3.05) is 27.7 Å². The van der Waals surface area contributed by atoms with Crippen LogP contribution in [0.15, 0.2) is 0 Å². The van der Waals surface area contributed by atoms with Gasteiger partial charge in [0.15, 0.2) is 0 Å². The van der Waals surface area contributed by atoms with Gasteiger partial charge in [-0.2, -0.15) is 0 Å². The second-order valence-corrected chi connectivity index (χ2v) is 4.71. The van der Waals surface area contributed by atoms with Crippen LogP contribution in [0.25, 0.3) is 0 Å². The molecule has 0 heterocycles.